The minimum atomic E-state index is -3.42. The van der Waals surface area contributed by atoms with E-state index in [2.05, 4.69) is 0 Å². The first kappa shape index (κ1) is 14.6. The van der Waals surface area contributed by atoms with Gasteiger partial charge in [-0.25, -0.2) is 8.42 Å². The summed E-state index contributed by atoms with van der Waals surface area (Å²) in [6.07, 6.45) is 2.93. The second-order valence-electron chi connectivity index (χ2n) is 4.49. The van der Waals surface area contributed by atoms with Crippen LogP contribution in [-0.4, -0.2) is 32.4 Å². The van der Waals surface area contributed by atoms with Crippen LogP contribution in [0.15, 0.2) is 23.1 Å². The van der Waals surface area contributed by atoms with E-state index in [4.69, 9.17) is 16.3 Å². The number of sulfonamides is 1. The van der Waals surface area contributed by atoms with Crippen molar-refractivity contribution in [3.05, 3.63) is 23.2 Å². The summed E-state index contributed by atoms with van der Waals surface area (Å²) in [7, 11) is -3.42. The molecule has 106 valence electrons. The minimum Gasteiger partial charge on any atom is -0.492 e. The fourth-order valence-electron chi connectivity index (χ4n) is 2.17. The van der Waals surface area contributed by atoms with Gasteiger partial charge in [-0.2, -0.15) is 4.31 Å². The summed E-state index contributed by atoms with van der Waals surface area (Å²) >= 11 is 6.05. The van der Waals surface area contributed by atoms with Crippen LogP contribution in [0.4, 0.5) is 0 Å². The molecule has 0 aromatic heterocycles. The summed E-state index contributed by atoms with van der Waals surface area (Å²) in [5.74, 6) is 0.516. The fraction of sp³-hybridized carbons (Fsp3) is 0.538. The molecule has 0 amide bonds. The van der Waals surface area contributed by atoms with Gasteiger partial charge in [0.15, 0.2) is 0 Å². The summed E-state index contributed by atoms with van der Waals surface area (Å²) in [4.78, 5) is 0.239. The van der Waals surface area contributed by atoms with Gasteiger partial charge in [0.1, 0.15) is 5.75 Å². The molecule has 1 aliphatic heterocycles. The molecule has 0 N–H and O–H groups in total. The van der Waals surface area contributed by atoms with Crippen LogP contribution in [0.25, 0.3) is 0 Å². The Morgan fingerprint density at radius 2 is 1.95 bits per heavy atom. The van der Waals surface area contributed by atoms with E-state index in [1.54, 1.807) is 12.1 Å². The van der Waals surface area contributed by atoms with Crippen LogP contribution in [0.3, 0.4) is 0 Å². The molecule has 4 nitrogen and oxygen atoms in total. The lowest BCUT2D eigenvalue weighted by molar-refractivity contribution is 0.339. The van der Waals surface area contributed by atoms with Crippen molar-refractivity contribution in [2.24, 2.45) is 0 Å². The summed E-state index contributed by atoms with van der Waals surface area (Å²) in [5.41, 5.74) is 0. The first-order valence-electron chi connectivity index (χ1n) is 6.48. The van der Waals surface area contributed by atoms with Gasteiger partial charge < -0.3 is 4.74 Å². The Bertz CT molecular complexity index is 539. The largest absolute Gasteiger partial charge is 0.492 e. The van der Waals surface area contributed by atoms with Crippen molar-refractivity contribution in [2.75, 3.05) is 19.7 Å². The molecule has 0 aliphatic carbocycles. The smallest absolute Gasteiger partial charge is 0.243 e. The first-order chi connectivity index (χ1) is 9.05. The van der Waals surface area contributed by atoms with E-state index < -0.39 is 10.0 Å². The van der Waals surface area contributed by atoms with Crippen molar-refractivity contribution in [1.82, 2.24) is 4.31 Å². The molecule has 1 saturated heterocycles. The molecule has 6 heteroatoms. The number of nitrogens with zero attached hydrogens (tertiary/aromatic N) is 1. The van der Waals surface area contributed by atoms with E-state index in [-0.39, 0.29) is 4.90 Å². The molecule has 0 spiro atoms. The lowest BCUT2D eigenvalue weighted by Crippen LogP contribution is -2.35. The minimum absolute atomic E-state index is 0.239. The normalized spacial score (nSPS) is 17.4. The molecule has 2 rings (SSSR count). The average Bonchev–Trinajstić information content (AvgIpc) is 2.42. The van der Waals surface area contributed by atoms with Crippen LogP contribution in [0, 0.1) is 0 Å². The molecule has 1 fully saturated rings. The lowest BCUT2D eigenvalue weighted by atomic mass is 10.2. The van der Waals surface area contributed by atoms with E-state index in [1.165, 1.54) is 10.4 Å². The molecule has 1 aliphatic rings. The van der Waals surface area contributed by atoms with Crippen LogP contribution in [0.1, 0.15) is 26.2 Å². The van der Waals surface area contributed by atoms with Gasteiger partial charge in [0, 0.05) is 13.1 Å². The number of ether oxygens (including phenoxy) is 1. The lowest BCUT2D eigenvalue weighted by Gasteiger charge is -2.26. The topological polar surface area (TPSA) is 46.6 Å². The van der Waals surface area contributed by atoms with Crippen molar-refractivity contribution in [3.8, 4) is 5.75 Å². The number of benzene rings is 1. The second kappa shape index (κ2) is 6.11. The zero-order valence-corrected chi connectivity index (χ0v) is 12.5. The van der Waals surface area contributed by atoms with Crippen molar-refractivity contribution in [1.29, 1.82) is 0 Å². The van der Waals surface area contributed by atoms with Gasteiger partial charge in [0.05, 0.1) is 16.5 Å². The molecule has 1 aromatic carbocycles. The quantitative estimate of drug-likeness (QED) is 0.859. The molecular weight excluding hydrogens is 286 g/mol. The van der Waals surface area contributed by atoms with Crippen molar-refractivity contribution in [3.63, 3.8) is 0 Å². The third-order valence-electron chi connectivity index (χ3n) is 3.16. The van der Waals surface area contributed by atoms with Gasteiger partial charge in [0.2, 0.25) is 10.0 Å². The van der Waals surface area contributed by atoms with Crippen molar-refractivity contribution in [2.45, 2.75) is 31.1 Å². The van der Waals surface area contributed by atoms with Crippen LogP contribution < -0.4 is 4.74 Å². The number of halogens is 1. The maximum Gasteiger partial charge on any atom is 0.243 e. The first-order valence-corrected chi connectivity index (χ1v) is 8.30. The van der Waals surface area contributed by atoms with Gasteiger partial charge in [-0.3, -0.25) is 0 Å². The van der Waals surface area contributed by atoms with Gasteiger partial charge in [-0.15, -0.1) is 0 Å². The molecular formula is C13H18ClNO3S. The Labute approximate surface area is 119 Å². The van der Waals surface area contributed by atoms with E-state index in [0.717, 1.165) is 19.3 Å². The second-order valence-corrected chi connectivity index (χ2v) is 6.84. The Balaban J connectivity index is 2.27. The molecule has 0 bridgehead atoms. The highest BCUT2D eigenvalue weighted by Crippen LogP contribution is 2.29. The molecule has 0 saturated carbocycles. The highest BCUT2D eigenvalue weighted by atomic mass is 35.5. The van der Waals surface area contributed by atoms with Gasteiger partial charge in [0.25, 0.3) is 0 Å². The van der Waals surface area contributed by atoms with Crippen LogP contribution in [-0.2, 0) is 10.0 Å². The average molecular weight is 304 g/mol. The predicted molar refractivity (Wildman–Crippen MR) is 75.2 cm³/mol. The number of hydrogen-bond acceptors (Lipinski definition) is 3. The zero-order chi connectivity index (χ0) is 13.9. The van der Waals surface area contributed by atoms with Crippen molar-refractivity contribution < 1.29 is 13.2 Å². The van der Waals surface area contributed by atoms with Crippen LogP contribution in [0.2, 0.25) is 5.02 Å². The Morgan fingerprint density at radius 3 is 2.53 bits per heavy atom. The molecule has 19 heavy (non-hydrogen) atoms. The molecule has 0 radical (unpaired) electrons. The van der Waals surface area contributed by atoms with E-state index in [0.29, 0.717) is 30.5 Å². The van der Waals surface area contributed by atoms with Gasteiger partial charge in [-0.1, -0.05) is 18.0 Å². The summed E-state index contributed by atoms with van der Waals surface area (Å²) in [6.45, 7) is 3.53. The van der Waals surface area contributed by atoms with E-state index >= 15 is 0 Å². The number of piperidine rings is 1. The highest BCUT2D eigenvalue weighted by Gasteiger charge is 2.26. The van der Waals surface area contributed by atoms with Gasteiger partial charge >= 0.3 is 0 Å². The number of rotatable bonds is 4. The van der Waals surface area contributed by atoms with Crippen LogP contribution in [0.5, 0.6) is 5.75 Å². The summed E-state index contributed by atoms with van der Waals surface area (Å²) in [6, 6.07) is 4.64. The highest BCUT2D eigenvalue weighted by molar-refractivity contribution is 7.89. The number of hydrogen-bond donors (Lipinski definition) is 0. The maximum absolute atomic E-state index is 12.4. The molecule has 1 aromatic rings. The Kier molecular flexibility index (Phi) is 4.71. The summed E-state index contributed by atoms with van der Waals surface area (Å²) < 4.78 is 31.7. The fourth-order valence-corrected chi connectivity index (χ4v) is 4.01. The van der Waals surface area contributed by atoms with Crippen molar-refractivity contribution >= 4 is 21.6 Å². The standard InChI is InChI=1S/C13H18ClNO3S/c1-2-18-13-7-6-11(10-12(13)14)19(16,17)15-8-4-3-5-9-15/h6-7,10H,2-5,8-9H2,1H3. The van der Waals surface area contributed by atoms with E-state index in [1.807, 2.05) is 6.92 Å². The Hall–Kier alpha value is -0.780. The molecule has 0 unspecified atom stereocenters. The predicted octanol–water partition coefficient (Wildman–Crippen LogP) is 2.91. The van der Waals surface area contributed by atoms with E-state index in [9.17, 15) is 8.42 Å². The van der Waals surface area contributed by atoms with Gasteiger partial charge in [-0.05, 0) is 38.0 Å². The summed E-state index contributed by atoms with van der Waals surface area (Å²) in [5, 5.41) is 0.333. The zero-order valence-electron chi connectivity index (χ0n) is 10.9. The SMILES string of the molecule is CCOc1ccc(S(=O)(=O)N2CCCCC2)cc1Cl. The maximum atomic E-state index is 12.4. The monoisotopic (exact) mass is 303 g/mol. The van der Waals surface area contributed by atoms with Crippen LogP contribution >= 0.6 is 11.6 Å². The molecule has 1 heterocycles. The molecule has 0 atom stereocenters. The third kappa shape index (κ3) is 3.22. The Morgan fingerprint density at radius 1 is 1.26 bits per heavy atom. The third-order valence-corrected chi connectivity index (χ3v) is 5.35.